The van der Waals surface area contributed by atoms with Gasteiger partial charge in [-0.15, -0.1) is 0 Å². The van der Waals surface area contributed by atoms with E-state index in [1.165, 1.54) is 6.07 Å². The molecule has 2 aromatic carbocycles. The van der Waals surface area contributed by atoms with Crippen LogP contribution in [0.2, 0.25) is 5.02 Å². The number of halogens is 6. The Balaban J connectivity index is 2.46. The average Bonchev–Trinajstić information content (AvgIpc) is 2.72. The lowest BCUT2D eigenvalue weighted by Crippen LogP contribution is -2.55. The van der Waals surface area contributed by atoms with Crippen LogP contribution in [0, 0.1) is 11.6 Å². The fourth-order valence-corrected chi connectivity index (χ4v) is 3.36. The highest BCUT2D eigenvalue weighted by molar-refractivity contribution is 6.31. The molecule has 176 valence electrons. The molecule has 0 saturated carbocycles. The van der Waals surface area contributed by atoms with Crippen molar-refractivity contribution in [3.05, 3.63) is 69.0 Å². The predicted molar refractivity (Wildman–Crippen MR) is 112 cm³/mol. The van der Waals surface area contributed by atoms with Crippen LogP contribution in [0.3, 0.4) is 0 Å². The van der Waals surface area contributed by atoms with Crippen LogP contribution in [-0.2, 0) is 4.74 Å². The largest absolute Gasteiger partial charge is 0.493 e. The van der Waals surface area contributed by atoms with E-state index < -0.39 is 57.6 Å². The molecule has 3 aromatic rings. The fourth-order valence-electron chi connectivity index (χ4n) is 3.22. The number of aliphatic hydroxyl groups is 1. The highest BCUT2D eigenvalue weighted by Gasteiger charge is 2.58. The van der Waals surface area contributed by atoms with Crippen LogP contribution in [0.5, 0.6) is 5.75 Å². The molecule has 0 aliphatic carbocycles. The molecule has 1 heterocycles. The standard InChI is InChI=1S/C21H16ClF5N2O4/c1-32-9-20(31,21(25,26)27)19(12-3-5-13(22)17(24)18(12)33-2)29-15-8-10(23)7-14-11(15)4-6-16(30)28-14/h3-8,31H,9H2,1-2H3,(H,28,30)/b29-19-. The normalized spacial score (nSPS) is 14.4. The highest BCUT2D eigenvalue weighted by Crippen LogP contribution is 2.40. The minimum absolute atomic E-state index is 0.0582. The summed E-state index contributed by atoms with van der Waals surface area (Å²) in [6.07, 6.45) is -5.36. The second-order valence-electron chi connectivity index (χ2n) is 6.90. The van der Waals surface area contributed by atoms with Crippen molar-refractivity contribution in [3.8, 4) is 5.75 Å². The van der Waals surface area contributed by atoms with Gasteiger partial charge in [-0.2, -0.15) is 13.2 Å². The summed E-state index contributed by atoms with van der Waals surface area (Å²) in [7, 11) is 1.90. The van der Waals surface area contributed by atoms with Crippen molar-refractivity contribution in [1.82, 2.24) is 4.98 Å². The van der Waals surface area contributed by atoms with Crippen LogP contribution in [0.25, 0.3) is 10.9 Å². The molecule has 1 unspecified atom stereocenters. The zero-order chi connectivity index (χ0) is 24.6. The van der Waals surface area contributed by atoms with E-state index in [-0.39, 0.29) is 16.6 Å². The number of aromatic nitrogens is 1. The lowest BCUT2D eigenvalue weighted by atomic mass is 9.90. The number of nitrogens with one attached hydrogen (secondary N) is 1. The Kier molecular flexibility index (Phi) is 6.78. The number of hydrogen-bond acceptors (Lipinski definition) is 5. The van der Waals surface area contributed by atoms with E-state index in [1.807, 2.05) is 0 Å². The van der Waals surface area contributed by atoms with Gasteiger partial charge in [-0.25, -0.2) is 13.8 Å². The van der Waals surface area contributed by atoms with Crippen molar-refractivity contribution >= 4 is 33.9 Å². The number of aliphatic imine (C=N–C) groups is 1. The molecule has 0 aliphatic heterocycles. The van der Waals surface area contributed by atoms with E-state index in [0.29, 0.717) is 0 Å². The number of H-pyrrole nitrogens is 1. The summed E-state index contributed by atoms with van der Waals surface area (Å²) in [5.74, 6) is -2.85. The van der Waals surface area contributed by atoms with Gasteiger partial charge in [0, 0.05) is 30.2 Å². The summed E-state index contributed by atoms with van der Waals surface area (Å²) in [5.41, 5.74) is -6.53. The predicted octanol–water partition coefficient (Wildman–Crippen LogP) is 4.53. The van der Waals surface area contributed by atoms with Gasteiger partial charge in [-0.05, 0) is 24.3 Å². The van der Waals surface area contributed by atoms with Crippen LogP contribution in [-0.4, -0.2) is 48.4 Å². The number of hydrogen-bond donors (Lipinski definition) is 2. The van der Waals surface area contributed by atoms with Gasteiger partial charge in [0.15, 0.2) is 11.6 Å². The monoisotopic (exact) mass is 490 g/mol. The summed E-state index contributed by atoms with van der Waals surface area (Å²) >= 11 is 5.72. The first-order chi connectivity index (χ1) is 15.4. The average molecular weight is 491 g/mol. The molecular formula is C21H16ClF5N2O4. The molecule has 1 aromatic heterocycles. The maximum atomic E-state index is 14.6. The molecule has 0 fully saturated rings. The first kappa shape index (κ1) is 24.6. The Morgan fingerprint density at radius 3 is 2.45 bits per heavy atom. The molecule has 0 spiro atoms. The second kappa shape index (κ2) is 9.08. The quantitative estimate of drug-likeness (QED) is 0.393. The number of methoxy groups -OCH3 is 2. The van der Waals surface area contributed by atoms with Gasteiger partial charge in [-0.3, -0.25) is 4.79 Å². The Hall–Kier alpha value is -3.02. The second-order valence-corrected chi connectivity index (χ2v) is 7.31. The third-order valence-electron chi connectivity index (χ3n) is 4.74. The first-order valence-corrected chi connectivity index (χ1v) is 9.53. The topological polar surface area (TPSA) is 83.9 Å². The van der Waals surface area contributed by atoms with Crippen molar-refractivity contribution in [2.75, 3.05) is 20.8 Å². The lowest BCUT2D eigenvalue weighted by molar-refractivity contribution is -0.242. The molecule has 0 bridgehead atoms. The Bertz CT molecular complexity index is 1290. The van der Waals surface area contributed by atoms with Crippen molar-refractivity contribution < 1.29 is 36.5 Å². The van der Waals surface area contributed by atoms with Crippen LogP contribution in [0.1, 0.15) is 5.56 Å². The third-order valence-corrected chi connectivity index (χ3v) is 5.03. The molecule has 0 amide bonds. The smallest absolute Gasteiger partial charge is 0.425 e. The van der Waals surface area contributed by atoms with Gasteiger partial charge in [0.2, 0.25) is 11.2 Å². The van der Waals surface area contributed by atoms with Gasteiger partial charge < -0.3 is 19.6 Å². The van der Waals surface area contributed by atoms with E-state index >= 15 is 0 Å². The first-order valence-electron chi connectivity index (χ1n) is 9.15. The van der Waals surface area contributed by atoms with E-state index in [4.69, 9.17) is 16.3 Å². The van der Waals surface area contributed by atoms with Crippen molar-refractivity contribution in [1.29, 1.82) is 0 Å². The van der Waals surface area contributed by atoms with Crippen molar-refractivity contribution in [3.63, 3.8) is 0 Å². The van der Waals surface area contributed by atoms with Crippen LogP contribution >= 0.6 is 11.6 Å². The Morgan fingerprint density at radius 1 is 1.15 bits per heavy atom. The minimum atomic E-state index is -5.36. The number of benzene rings is 2. The summed E-state index contributed by atoms with van der Waals surface area (Å²) in [5, 5.41) is 10.4. The fraction of sp³-hybridized carbons (Fsp3) is 0.238. The summed E-state index contributed by atoms with van der Waals surface area (Å²) in [6, 6.07) is 5.94. The number of ether oxygens (including phenoxy) is 2. The Morgan fingerprint density at radius 2 is 1.85 bits per heavy atom. The van der Waals surface area contributed by atoms with Gasteiger partial charge in [-0.1, -0.05) is 11.6 Å². The SMILES string of the molecule is COCC(O)(/C(=N\c1cc(F)cc2[nH]c(=O)ccc12)c1ccc(Cl)c(F)c1OC)C(F)(F)F. The van der Waals surface area contributed by atoms with Crippen LogP contribution in [0.4, 0.5) is 27.6 Å². The molecule has 1 atom stereocenters. The van der Waals surface area contributed by atoms with E-state index in [0.717, 1.165) is 44.6 Å². The number of fused-ring (bicyclic) bond motifs is 1. The number of nitrogens with zero attached hydrogens (tertiary/aromatic N) is 1. The molecule has 12 heteroatoms. The van der Waals surface area contributed by atoms with Gasteiger partial charge in [0.1, 0.15) is 5.82 Å². The van der Waals surface area contributed by atoms with Gasteiger partial charge >= 0.3 is 6.18 Å². The van der Waals surface area contributed by atoms with Crippen LogP contribution in [0.15, 0.2) is 46.2 Å². The van der Waals surface area contributed by atoms with E-state index in [9.17, 15) is 31.9 Å². The Labute approximate surface area is 188 Å². The maximum absolute atomic E-state index is 14.6. The molecule has 3 rings (SSSR count). The molecular weight excluding hydrogens is 475 g/mol. The number of rotatable bonds is 6. The molecule has 2 N–H and O–H groups in total. The van der Waals surface area contributed by atoms with E-state index in [2.05, 4.69) is 14.7 Å². The highest BCUT2D eigenvalue weighted by atomic mass is 35.5. The van der Waals surface area contributed by atoms with Gasteiger partial charge in [0.25, 0.3) is 0 Å². The number of pyridine rings is 1. The maximum Gasteiger partial charge on any atom is 0.425 e. The van der Waals surface area contributed by atoms with Crippen LogP contribution < -0.4 is 10.3 Å². The third kappa shape index (κ3) is 4.56. The molecule has 0 saturated heterocycles. The summed E-state index contributed by atoms with van der Waals surface area (Å²) in [4.78, 5) is 17.8. The molecule has 0 radical (unpaired) electrons. The van der Waals surface area contributed by atoms with E-state index in [1.54, 1.807) is 0 Å². The molecule has 0 aliphatic rings. The summed E-state index contributed by atoms with van der Waals surface area (Å²) < 4.78 is 80.6. The van der Waals surface area contributed by atoms with Gasteiger partial charge in [0.05, 0.1) is 35.7 Å². The number of alkyl halides is 3. The molecule has 6 nitrogen and oxygen atoms in total. The zero-order valence-electron chi connectivity index (χ0n) is 17.1. The number of aromatic amines is 1. The zero-order valence-corrected chi connectivity index (χ0v) is 17.8. The van der Waals surface area contributed by atoms with Crippen molar-refractivity contribution in [2.45, 2.75) is 11.8 Å². The molecule has 33 heavy (non-hydrogen) atoms. The van der Waals surface area contributed by atoms with Crippen molar-refractivity contribution in [2.24, 2.45) is 4.99 Å². The minimum Gasteiger partial charge on any atom is -0.493 e. The summed E-state index contributed by atoms with van der Waals surface area (Å²) in [6.45, 7) is -1.33. The lowest BCUT2D eigenvalue weighted by Gasteiger charge is -2.32.